The summed E-state index contributed by atoms with van der Waals surface area (Å²) in [5.41, 5.74) is 4.39. The average Bonchev–Trinajstić information content (AvgIpc) is 2.45. The Morgan fingerprint density at radius 2 is 2.00 bits per heavy atom. The zero-order valence-electron chi connectivity index (χ0n) is 10.8. The van der Waals surface area contributed by atoms with Gasteiger partial charge in [0.15, 0.2) is 0 Å². The van der Waals surface area contributed by atoms with E-state index in [4.69, 9.17) is 5.73 Å². The number of anilines is 1. The number of nitrogen functional groups attached to an aromatic ring is 1. The third kappa shape index (κ3) is 3.50. The number of alkyl halides is 3. The van der Waals surface area contributed by atoms with Crippen LogP contribution in [0, 0.1) is 0 Å². The molecular formula is C14H12F3N3O. The van der Waals surface area contributed by atoms with Gasteiger partial charge in [0.2, 0.25) is 0 Å². The van der Waals surface area contributed by atoms with Crippen molar-refractivity contribution in [3.8, 4) is 0 Å². The van der Waals surface area contributed by atoms with Crippen LogP contribution in [-0.4, -0.2) is 10.9 Å². The van der Waals surface area contributed by atoms with E-state index in [1.165, 1.54) is 6.07 Å². The number of nitrogens with two attached hydrogens (primary N) is 1. The van der Waals surface area contributed by atoms with E-state index >= 15 is 0 Å². The first-order chi connectivity index (χ1) is 9.89. The van der Waals surface area contributed by atoms with Gasteiger partial charge in [0.25, 0.3) is 5.91 Å². The molecule has 1 aromatic carbocycles. The highest BCUT2D eigenvalue weighted by molar-refractivity contribution is 5.99. The number of rotatable bonds is 3. The number of nitrogens with one attached hydrogen (secondary N) is 1. The first-order valence-electron chi connectivity index (χ1n) is 6.02. The van der Waals surface area contributed by atoms with Crippen LogP contribution < -0.4 is 11.1 Å². The van der Waals surface area contributed by atoms with Crippen LogP contribution in [0.15, 0.2) is 42.7 Å². The third-order valence-corrected chi connectivity index (χ3v) is 2.83. The van der Waals surface area contributed by atoms with Crippen molar-refractivity contribution < 1.29 is 18.0 Å². The Bertz CT molecular complexity index is 642. The van der Waals surface area contributed by atoms with Crippen LogP contribution in [-0.2, 0) is 12.7 Å². The van der Waals surface area contributed by atoms with E-state index in [-0.39, 0.29) is 12.1 Å². The highest BCUT2D eigenvalue weighted by atomic mass is 19.4. The van der Waals surface area contributed by atoms with Crippen LogP contribution in [0.4, 0.5) is 18.9 Å². The standard InChI is InChI=1S/C14H12F3N3O/c15-14(16,17)11-5-1-4-10(12(11)18)13(21)20-8-9-3-2-6-19-7-9/h1-7H,8,18H2,(H,20,21). The van der Waals surface area contributed by atoms with Gasteiger partial charge >= 0.3 is 6.18 Å². The number of carbonyl (C=O) groups is 1. The first kappa shape index (κ1) is 14.8. The van der Waals surface area contributed by atoms with Gasteiger partial charge in [0.1, 0.15) is 0 Å². The minimum absolute atomic E-state index is 0.155. The Kier molecular flexibility index (Phi) is 4.11. The van der Waals surface area contributed by atoms with Crippen LogP contribution in [0.1, 0.15) is 21.5 Å². The zero-order valence-corrected chi connectivity index (χ0v) is 10.8. The van der Waals surface area contributed by atoms with Crippen molar-refractivity contribution in [2.75, 3.05) is 5.73 Å². The van der Waals surface area contributed by atoms with Gasteiger partial charge < -0.3 is 11.1 Å². The van der Waals surface area contributed by atoms with E-state index in [2.05, 4.69) is 10.3 Å². The van der Waals surface area contributed by atoms with E-state index < -0.39 is 23.3 Å². The number of carbonyl (C=O) groups excluding carboxylic acids is 1. The summed E-state index contributed by atoms with van der Waals surface area (Å²) >= 11 is 0. The summed E-state index contributed by atoms with van der Waals surface area (Å²) in [6, 6.07) is 6.68. The monoisotopic (exact) mass is 295 g/mol. The molecule has 7 heteroatoms. The number of amides is 1. The summed E-state index contributed by atoms with van der Waals surface area (Å²) in [4.78, 5) is 15.8. The number of aromatic nitrogens is 1. The lowest BCUT2D eigenvalue weighted by molar-refractivity contribution is -0.136. The Hall–Kier alpha value is -2.57. The van der Waals surface area contributed by atoms with Crippen LogP contribution in [0.3, 0.4) is 0 Å². The number of benzene rings is 1. The number of pyridine rings is 1. The predicted molar refractivity (Wildman–Crippen MR) is 71.3 cm³/mol. The van der Waals surface area contributed by atoms with E-state index in [1.807, 2.05) is 0 Å². The Balaban J connectivity index is 2.17. The summed E-state index contributed by atoms with van der Waals surface area (Å²) in [5.74, 6) is -0.664. The van der Waals surface area contributed by atoms with E-state index in [0.29, 0.717) is 0 Å². The summed E-state index contributed by atoms with van der Waals surface area (Å²) in [6.07, 6.45) is -1.46. The number of nitrogens with zero attached hydrogens (tertiary/aromatic N) is 1. The molecule has 2 rings (SSSR count). The molecule has 110 valence electrons. The fourth-order valence-corrected chi connectivity index (χ4v) is 1.79. The normalized spacial score (nSPS) is 11.2. The molecule has 3 N–H and O–H groups in total. The molecule has 21 heavy (non-hydrogen) atoms. The second kappa shape index (κ2) is 5.82. The smallest absolute Gasteiger partial charge is 0.398 e. The van der Waals surface area contributed by atoms with Gasteiger partial charge in [-0.3, -0.25) is 9.78 Å². The lowest BCUT2D eigenvalue weighted by atomic mass is 10.1. The highest BCUT2D eigenvalue weighted by Gasteiger charge is 2.34. The molecule has 1 amide bonds. The molecule has 2 aromatic rings. The predicted octanol–water partition coefficient (Wildman–Crippen LogP) is 2.61. The Morgan fingerprint density at radius 3 is 2.62 bits per heavy atom. The molecule has 4 nitrogen and oxygen atoms in total. The van der Waals surface area contributed by atoms with Crippen molar-refractivity contribution in [2.45, 2.75) is 12.7 Å². The summed E-state index contributed by atoms with van der Waals surface area (Å²) in [5, 5.41) is 2.51. The molecule has 0 atom stereocenters. The largest absolute Gasteiger partial charge is 0.418 e. The minimum atomic E-state index is -4.59. The minimum Gasteiger partial charge on any atom is -0.398 e. The molecule has 0 radical (unpaired) electrons. The first-order valence-corrected chi connectivity index (χ1v) is 6.02. The van der Waals surface area contributed by atoms with Crippen LogP contribution in [0.25, 0.3) is 0 Å². The lowest BCUT2D eigenvalue weighted by Crippen LogP contribution is -2.25. The summed E-state index contributed by atoms with van der Waals surface area (Å²) in [6.45, 7) is 0.155. The van der Waals surface area contributed by atoms with Gasteiger partial charge in [-0.1, -0.05) is 12.1 Å². The molecule has 0 aliphatic rings. The van der Waals surface area contributed by atoms with E-state index in [9.17, 15) is 18.0 Å². The van der Waals surface area contributed by atoms with Crippen LogP contribution in [0.2, 0.25) is 0 Å². The van der Waals surface area contributed by atoms with Gasteiger partial charge in [0.05, 0.1) is 16.8 Å². The maximum Gasteiger partial charge on any atom is 0.418 e. The maximum atomic E-state index is 12.7. The fourth-order valence-electron chi connectivity index (χ4n) is 1.79. The van der Waals surface area contributed by atoms with Gasteiger partial charge in [0, 0.05) is 18.9 Å². The SMILES string of the molecule is Nc1c(C(=O)NCc2cccnc2)cccc1C(F)(F)F. The van der Waals surface area contributed by atoms with Crippen LogP contribution in [0.5, 0.6) is 0 Å². The topological polar surface area (TPSA) is 68.0 Å². The second-order valence-electron chi connectivity index (χ2n) is 4.31. The molecule has 0 saturated carbocycles. The van der Waals surface area contributed by atoms with E-state index in [0.717, 1.165) is 17.7 Å². The van der Waals surface area contributed by atoms with Crippen molar-refractivity contribution in [1.29, 1.82) is 0 Å². The van der Waals surface area contributed by atoms with Crippen molar-refractivity contribution in [3.63, 3.8) is 0 Å². The molecule has 0 aliphatic carbocycles. The average molecular weight is 295 g/mol. The molecular weight excluding hydrogens is 283 g/mol. The van der Waals surface area contributed by atoms with Crippen molar-refractivity contribution in [2.24, 2.45) is 0 Å². The molecule has 1 heterocycles. The van der Waals surface area contributed by atoms with Gasteiger partial charge in [-0.25, -0.2) is 0 Å². The van der Waals surface area contributed by atoms with E-state index in [1.54, 1.807) is 24.5 Å². The van der Waals surface area contributed by atoms with Crippen molar-refractivity contribution >= 4 is 11.6 Å². The van der Waals surface area contributed by atoms with Crippen LogP contribution >= 0.6 is 0 Å². The van der Waals surface area contributed by atoms with Crippen molar-refractivity contribution in [3.05, 3.63) is 59.4 Å². The molecule has 0 saturated heterocycles. The van der Waals surface area contributed by atoms with Gasteiger partial charge in [-0.2, -0.15) is 13.2 Å². The Morgan fingerprint density at radius 1 is 1.24 bits per heavy atom. The number of halogens is 3. The number of hydrogen-bond donors (Lipinski definition) is 2. The fraction of sp³-hybridized carbons (Fsp3) is 0.143. The molecule has 0 unspecified atom stereocenters. The van der Waals surface area contributed by atoms with Gasteiger partial charge in [-0.05, 0) is 23.8 Å². The summed E-state index contributed by atoms with van der Waals surface area (Å²) < 4.78 is 38.2. The molecule has 1 aromatic heterocycles. The Labute approximate surface area is 118 Å². The highest BCUT2D eigenvalue weighted by Crippen LogP contribution is 2.34. The molecule has 0 spiro atoms. The molecule has 0 aliphatic heterocycles. The quantitative estimate of drug-likeness (QED) is 0.855. The van der Waals surface area contributed by atoms with Gasteiger partial charge in [-0.15, -0.1) is 0 Å². The zero-order chi connectivity index (χ0) is 15.5. The number of hydrogen-bond acceptors (Lipinski definition) is 3. The summed E-state index contributed by atoms with van der Waals surface area (Å²) in [7, 11) is 0. The number of para-hydroxylation sites is 1. The lowest BCUT2D eigenvalue weighted by Gasteiger charge is -2.13. The maximum absolute atomic E-state index is 12.7. The second-order valence-corrected chi connectivity index (χ2v) is 4.31. The third-order valence-electron chi connectivity index (χ3n) is 2.83. The molecule has 0 fully saturated rings. The van der Waals surface area contributed by atoms with Crippen molar-refractivity contribution in [1.82, 2.24) is 10.3 Å². The molecule has 0 bridgehead atoms.